The zero-order valence-electron chi connectivity index (χ0n) is 24.5. The molecule has 3 heteroatoms. The van der Waals surface area contributed by atoms with Gasteiger partial charge in [0.25, 0.3) is 0 Å². The van der Waals surface area contributed by atoms with Gasteiger partial charge in [0.15, 0.2) is 5.82 Å². The van der Waals surface area contributed by atoms with E-state index in [1.165, 1.54) is 52.6 Å². The van der Waals surface area contributed by atoms with Crippen molar-refractivity contribution in [3.05, 3.63) is 144 Å². The standard InChI is InChI=1S/C41H31N3/c42-27-33-15-10-16-35-34-22-21-32(25-36(34)41(39(33)35)23-8-3-9-24-41)38-26-37(43-40(44-38)31-13-6-2-7-14-31)30-19-17-29(18-20-30)28-11-4-1-5-12-28/h1-2,4-7,10-22,25-26H,3,8-9,23-24H2. The van der Waals surface area contributed by atoms with Crippen molar-refractivity contribution in [1.82, 2.24) is 9.97 Å². The highest BCUT2D eigenvalue weighted by atomic mass is 14.9. The van der Waals surface area contributed by atoms with E-state index >= 15 is 0 Å². The Balaban J connectivity index is 1.27. The minimum atomic E-state index is -0.114. The Kier molecular flexibility index (Phi) is 6.42. The summed E-state index contributed by atoms with van der Waals surface area (Å²) in [5.74, 6) is 0.716. The largest absolute Gasteiger partial charge is 0.228 e. The summed E-state index contributed by atoms with van der Waals surface area (Å²) in [7, 11) is 0. The molecule has 1 fully saturated rings. The van der Waals surface area contributed by atoms with Gasteiger partial charge in [-0.25, -0.2) is 9.97 Å². The van der Waals surface area contributed by atoms with Gasteiger partial charge in [0.05, 0.1) is 23.0 Å². The van der Waals surface area contributed by atoms with Crippen molar-refractivity contribution >= 4 is 0 Å². The topological polar surface area (TPSA) is 49.6 Å². The highest BCUT2D eigenvalue weighted by Crippen LogP contribution is 2.57. The molecule has 210 valence electrons. The first-order valence-electron chi connectivity index (χ1n) is 15.5. The molecule has 1 heterocycles. The molecule has 0 bridgehead atoms. The molecule has 44 heavy (non-hydrogen) atoms. The van der Waals surface area contributed by atoms with E-state index in [0.717, 1.165) is 46.5 Å². The molecule has 0 saturated heterocycles. The van der Waals surface area contributed by atoms with Gasteiger partial charge in [0, 0.05) is 22.1 Å². The maximum absolute atomic E-state index is 10.1. The van der Waals surface area contributed by atoms with Crippen molar-refractivity contribution in [2.24, 2.45) is 0 Å². The molecule has 0 aliphatic heterocycles. The number of rotatable bonds is 4. The lowest BCUT2D eigenvalue weighted by Gasteiger charge is -2.36. The summed E-state index contributed by atoms with van der Waals surface area (Å²) in [6.07, 6.45) is 5.76. The fourth-order valence-corrected chi connectivity index (χ4v) is 7.45. The van der Waals surface area contributed by atoms with Crippen LogP contribution in [0.15, 0.2) is 127 Å². The van der Waals surface area contributed by atoms with E-state index in [4.69, 9.17) is 9.97 Å². The maximum atomic E-state index is 10.1. The van der Waals surface area contributed by atoms with Crippen LogP contribution in [-0.2, 0) is 5.41 Å². The Labute approximate surface area is 258 Å². The van der Waals surface area contributed by atoms with Gasteiger partial charge in [0.2, 0.25) is 0 Å². The van der Waals surface area contributed by atoms with E-state index in [1.54, 1.807) is 0 Å². The van der Waals surface area contributed by atoms with Crippen LogP contribution in [0.2, 0.25) is 0 Å². The molecular formula is C41H31N3. The lowest BCUT2D eigenvalue weighted by molar-refractivity contribution is 0.352. The third-order valence-corrected chi connectivity index (χ3v) is 9.54. The van der Waals surface area contributed by atoms with Gasteiger partial charge in [-0.15, -0.1) is 0 Å². The molecule has 0 radical (unpaired) electrons. The van der Waals surface area contributed by atoms with Gasteiger partial charge in [-0.05, 0) is 64.4 Å². The van der Waals surface area contributed by atoms with Crippen molar-refractivity contribution in [2.45, 2.75) is 37.5 Å². The monoisotopic (exact) mass is 565 g/mol. The molecule has 3 nitrogen and oxygen atoms in total. The van der Waals surface area contributed by atoms with Crippen LogP contribution in [0.5, 0.6) is 0 Å². The van der Waals surface area contributed by atoms with Crippen LogP contribution >= 0.6 is 0 Å². The average Bonchev–Trinajstić information content (AvgIpc) is 3.37. The smallest absolute Gasteiger partial charge is 0.160 e. The molecule has 1 saturated carbocycles. The highest BCUT2D eigenvalue weighted by Gasteiger charge is 2.45. The summed E-state index contributed by atoms with van der Waals surface area (Å²) >= 11 is 0. The van der Waals surface area contributed by atoms with Gasteiger partial charge in [-0.1, -0.05) is 128 Å². The van der Waals surface area contributed by atoms with Gasteiger partial charge in [0.1, 0.15) is 0 Å². The van der Waals surface area contributed by atoms with Crippen molar-refractivity contribution in [3.63, 3.8) is 0 Å². The number of nitriles is 1. The molecule has 2 aliphatic carbocycles. The molecule has 0 atom stereocenters. The first kappa shape index (κ1) is 26.3. The molecule has 8 rings (SSSR count). The first-order chi connectivity index (χ1) is 21.7. The van der Waals surface area contributed by atoms with E-state index < -0.39 is 0 Å². The average molecular weight is 566 g/mol. The summed E-state index contributed by atoms with van der Waals surface area (Å²) in [4.78, 5) is 10.2. The van der Waals surface area contributed by atoms with Crippen molar-refractivity contribution < 1.29 is 0 Å². The fourth-order valence-electron chi connectivity index (χ4n) is 7.45. The molecular weight excluding hydrogens is 534 g/mol. The predicted molar refractivity (Wildman–Crippen MR) is 178 cm³/mol. The van der Waals surface area contributed by atoms with E-state index in [-0.39, 0.29) is 5.41 Å². The lowest BCUT2D eigenvalue weighted by Crippen LogP contribution is -2.29. The number of nitrogens with zero attached hydrogens (tertiary/aromatic N) is 3. The summed E-state index contributed by atoms with van der Waals surface area (Å²) in [6, 6.07) is 47.0. The summed E-state index contributed by atoms with van der Waals surface area (Å²) in [5, 5.41) is 10.1. The SMILES string of the molecule is N#Cc1cccc2c1C1(CCCCC1)c1cc(-c3cc(-c4ccc(-c5ccccc5)cc4)nc(-c4ccccc4)n3)ccc1-2. The fraction of sp³-hybridized carbons (Fsp3) is 0.146. The Hall–Kier alpha value is -5.33. The summed E-state index contributed by atoms with van der Waals surface area (Å²) in [6.45, 7) is 0. The Morgan fingerprint density at radius 2 is 1.14 bits per heavy atom. The minimum Gasteiger partial charge on any atom is -0.228 e. The molecule has 6 aromatic rings. The second-order valence-corrected chi connectivity index (χ2v) is 12.0. The van der Waals surface area contributed by atoms with E-state index in [2.05, 4.69) is 97.1 Å². The number of benzene rings is 5. The van der Waals surface area contributed by atoms with Crippen LogP contribution in [0.4, 0.5) is 0 Å². The van der Waals surface area contributed by atoms with Gasteiger partial charge in [-0.3, -0.25) is 0 Å². The van der Waals surface area contributed by atoms with Crippen molar-refractivity contribution in [3.8, 4) is 62.2 Å². The third-order valence-electron chi connectivity index (χ3n) is 9.54. The first-order valence-corrected chi connectivity index (χ1v) is 15.5. The summed E-state index contributed by atoms with van der Waals surface area (Å²) in [5.41, 5.74) is 13.1. The number of aromatic nitrogens is 2. The van der Waals surface area contributed by atoms with Gasteiger partial charge < -0.3 is 0 Å². The maximum Gasteiger partial charge on any atom is 0.160 e. The second kappa shape index (κ2) is 10.7. The molecule has 1 spiro atoms. The molecule has 5 aromatic carbocycles. The van der Waals surface area contributed by atoms with Crippen LogP contribution in [0.3, 0.4) is 0 Å². The zero-order chi connectivity index (χ0) is 29.5. The minimum absolute atomic E-state index is 0.114. The number of fused-ring (bicyclic) bond motifs is 5. The third kappa shape index (κ3) is 4.34. The van der Waals surface area contributed by atoms with E-state index in [9.17, 15) is 5.26 Å². The van der Waals surface area contributed by atoms with Crippen LogP contribution in [0.25, 0.3) is 56.2 Å². The Morgan fingerprint density at radius 3 is 1.84 bits per heavy atom. The van der Waals surface area contributed by atoms with E-state index in [1.807, 2.05) is 36.4 Å². The quantitative estimate of drug-likeness (QED) is 0.214. The van der Waals surface area contributed by atoms with Crippen LogP contribution in [-0.4, -0.2) is 9.97 Å². The molecule has 0 N–H and O–H groups in total. The van der Waals surface area contributed by atoms with Crippen LogP contribution in [0, 0.1) is 11.3 Å². The zero-order valence-corrected chi connectivity index (χ0v) is 24.5. The van der Waals surface area contributed by atoms with E-state index in [0.29, 0.717) is 5.82 Å². The molecule has 0 unspecified atom stereocenters. The molecule has 1 aromatic heterocycles. The molecule has 0 amide bonds. The number of hydrogen-bond donors (Lipinski definition) is 0. The summed E-state index contributed by atoms with van der Waals surface area (Å²) < 4.78 is 0. The van der Waals surface area contributed by atoms with Gasteiger partial charge in [-0.2, -0.15) is 5.26 Å². The normalized spacial score (nSPS) is 14.5. The Morgan fingerprint density at radius 1 is 0.523 bits per heavy atom. The number of hydrogen-bond acceptors (Lipinski definition) is 3. The van der Waals surface area contributed by atoms with Crippen molar-refractivity contribution in [2.75, 3.05) is 0 Å². The predicted octanol–water partition coefficient (Wildman–Crippen LogP) is 10.2. The highest BCUT2D eigenvalue weighted by molar-refractivity contribution is 5.86. The molecule has 2 aliphatic rings. The van der Waals surface area contributed by atoms with Gasteiger partial charge >= 0.3 is 0 Å². The second-order valence-electron chi connectivity index (χ2n) is 12.0. The van der Waals surface area contributed by atoms with Crippen LogP contribution < -0.4 is 0 Å². The Bertz CT molecular complexity index is 2030. The van der Waals surface area contributed by atoms with Crippen LogP contribution in [0.1, 0.15) is 48.8 Å². The van der Waals surface area contributed by atoms with Crippen molar-refractivity contribution in [1.29, 1.82) is 5.26 Å². The lowest BCUT2D eigenvalue weighted by atomic mass is 9.66.